The summed E-state index contributed by atoms with van der Waals surface area (Å²) in [7, 11) is -2.00. The Morgan fingerprint density at radius 3 is 2.37 bits per heavy atom. The van der Waals surface area contributed by atoms with Crippen LogP contribution in [0.2, 0.25) is 0 Å². The maximum absolute atomic E-state index is 13.3. The van der Waals surface area contributed by atoms with E-state index in [4.69, 9.17) is 4.74 Å². The fourth-order valence-corrected chi connectivity index (χ4v) is 6.09. The number of hydrogen-bond donors (Lipinski definition) is 0. The van der Waals surface area contributed by atoms with Crippen LogP contribution in [0.25, 0.3) is 11.3 Å². The van der Waals surface area contributed by atoms with Gasteiger partial charge in [0.15, 0.2) is 0 Å². The molecule has 0 spiro atoms. The van der Waals surface area contributed by atoms with Crippen molar-refractivity contribution in [2.45, 2.75) is 18.2 Å². The van der Waals surface area contributed by atoms with Crippen molar-refractivity contribution in [3.05, 3.63) is 60.4 Å². The molecule has 5 rings (SSSR count). The molecule has 2 aromatic carbocycles. The highest BCUT2D eigenvalue weighted by atomic mass is 32.2. The van der Waals surface area contributed by atoms with E-state index >= 15 is 0 Å². The highest BCUT2D eigenvalue weighted by Gasteiger charge is 2.31. The average Bonchev–Trinajstić information content (AvgIpc) is 3.33. The SMILES string of the molecule is COc1ccc(-c2cc(N3CCN(S(=O)(=O)c4ccc5c(c4)CCN5C(C)=O)CC3)ncn2)cc1. The first kappa shape index (κ1) is 23.3. The minimum Gasteiger partial charge on any atom is -0.497 e. The van der Waals surface area contributed by atoms with Crippen molar-refractivity contribution >= 4 is 27.4 Å². The van der Waals surface area contributed by atoms with Gasteiger partial charge < -0.3 is 14.5 Å². The smallest absolute Gasteiger partial charge is 0.243 e. The maximum Gasteiger partial charge on any atom is 0.243 e. The number of sulfonamides is 1. The van der Waals surface area contributed by atoms with Crippen LogP contribution in [-0.4, -0.2) is 68.4 Å². The van der Waals surface area contributed by atoms with Crippen LogP contribution in [0, 0.1) is 0 Å². The van der Waals surface area contributed by atoms with Crippen LogP contribution < -0.4 is 14.5 Å². The van der Waals surface area contributed by atoms with Gasteiger partial charge in [0.05, 0.1) is 17.7 Å². The molecule has 0 unspecified atom stereocenters. The number of nitrogens with zero attached hydrogens (tertiary/aromatic N) is 5. The fourth-order valence-electron chi connectivity index (χ4n) is 4.61. The lowest BCUT2D eigenvalue weighted by Crippen LogP contribution is -2.48. The Balaban J connectivity index is 1.29. The third-order valence-corrected chi connectivity index (χ3v) is 8.46. The third-order valence-electron chi connectivity index (χ3n) is 6.57. The van der Waals surface area contributed by atoms with Crippen LogP contribution >= 0.6 is 0 Å². The van der Waals surface area contributed by atoms with Gasteiger partial charge in [-0.05, 0) is 54.4 Å². The zero-order valence-electron chi connectivity index (χ0n) is 19.7. The van der Waals surface area contributed by atoms with E-state index in [1.54, 1.807) is 30.2 Å². The normalized spacial score (nSPS) is 16.3. The summed E-state index contributed by atoms with van der Waals surface area (Å²) < 4.78 is 33.4. The summed E-state index contributed by atoms with van der Waals surface area (Å²) >= 11 is 0. The van der Waals surface area contributed by atoms with Gasteiger partial charge in [-0.3, -0.25) is 4.79 Å². The van der Waals surface area contributed by atoms with Crippen molar-refractivity contribution in [2.24, 2.45) is 0 Å². The Labute approximate surface area is 205 Å². The number of methoxy groups -OCH3 is 1. The van der Waals surface area contributed by atoms with Crippen molar-refractivity contribution in [3.8, 4) is 17.0 Å². The number of carbonyl (C=O) groups is 1. The Morgan fingerprint density at radius 1 is 0.943 bits per heavy atom. The standard InChI is InChI=1S/C25H27N5O4S/c1-18(31)30-10-9-20-15-22(7-8-24(20)30)35(32,33)29-13-11-28(12-14-29)25-16-23(26-17-27-25)19-3-5-21(34-2)6-4-19/h3-8,15-17H,9-14H2,1-2H3. The Morgan fingerprint density at radius 2 is 1.69 bits per heavy atom. The third kappa shape index (κ3) is 4.46. The van der Waals surface area contributed by atoms with Crippen LogP contribution in [0.4, 0.5) is 11.5 Å². The number of anilines is 2. The van der Waals surface area contributed by atoms with Crippen LogP contribution in [0.5, 0.6) is 5.75 Å². The van der Waals surface area contributed by atoms with Gasteiger partial charge in [0, 0.05) is 57.0 Å². The highest BCUT2D eigenvalue weighted by Crippen LogP contribution is 2.32. The summed E-state index contributed by atoms with van der Waals surface area (Å²) in [5, 5.41) is 0. The van der Waals surface area contributed by atoms with Crippen molar-refractivity contribution in [1.82, 2.24) is 14.3 Å². The molecule has 182 valence electrons. The lowest BCUT2D eigenvalue weighted by atomic mass is 10.1. The van der Waals surface area contributed by atoms with E-state index < -0.39 is 10.0 Å². The molecule has 10 heteroatoms. The largest absolute Gasteiger partial charge is 0.497 e. The van der Waals surface area contributed by atoms with Crippen molar-refractivity contribution < 1.29 is 17.9 Å². The number of ether oxygens (including phenoxy) is 1. The van der Waals surface area contributed by atoms with Gasteiger partial charge in [0.25, 0.3) is 0 Å². The number of carbonyl (C=O) groups excluding carboxylic acids is 1. The molecule has 0 bridgehead atoms. The van der Waals surface area contributed by atoms with Crippen LogP contribution in [0.15, 0.2) is 59.8 Å². The molecule has 2 aliphatic heterocycles. The molecule has 2 aliphatic rings. The predicted octanol–water partition coefficient (Wildman–Crippen LogP) is 2.57. The van der Waals surface area contributed by atoms with Gasteiger partial charge in [0.1, 0.15) is 17.9 Å². The molecule has 1 aromatic heterocycles. The van der Waals surface area contributed by atoms with Gasteiger partial charge in [-0.1, -0.05) is 0 Å². The van der Waals surface area contributed by atoms with Gasteiger partial charge in [-0.25, -0.2) is 18.4 Å². The van der Waals surface area contributed by atoms with E-state index in [1.807, 2.05) is 30.3 Å². The molecule has 3 aromatic rings. The molecule has 1 amide bonds. The summed E-state index contributed by atoms with van der Waals surface area (Å²) in [5.74, 6) is 1.51. The van der Waals surface area contributed by atoms with E-state index in [0.717, 1.165) is 34.1 Å². The summed E-state index contributed by atoms with van der Waals surface area (Å²) in [6, 6.07) is 14.7. The van der Waals surface area contributed by atoms with Gasteiger partial charge in [0.2, 0.25) is 15.9 Å². The molecule has 1 saturated heterocycles. The second-order valence-electron chi connectivity index (χ2n) is 8.59. The molecule has 9 nitrogen and oxygen atoms in total. The Hall–Kier alpha value is -3.50. The monoisotopic (exact) mass is 493 g/mol. The first-order chi connectivity index (χ1) is 16.9. The second kappa shape index (κ2) is 9.27. The number of benzene rings is 2. The molecule has 0 aliphatic carbocycles. The minimum atomic E-state index is -3.63. The number of aromatic nitrogens is 2. The molecule has 35 heavy (non-hydrogen) atoms. The van der Waals surface area contributed by atoms with Crippen LogP contribution in [-0.2, 0) is 21.2 Å². The molecule has 0 N–H and O–H groups in total. The molecule has 0 atom stereocenters. The molecular weight excluding hydrogens is 466 g/mol. The summed E-state index contributed by atoms with van der Waals surface area (Å²) in [4.78, 5) is 24.6. The number of piperazine rings is 1. The summed E-state index contributed by atoms with van der Waals surface area (Å²) in [5.41, 5.74) is 3.45. The highest BCUT2D eigenvalue weighted by molar-refractivity contribution is 7.89. The van der Waals surface area contributed by atoms with Crippen molar-refractivity contribution in [2.75, 3.05) is 49.6 Å². The number of fused-ring (bicyclic) bond motifs is 1. The van der Waals surface area contributed by atoms with Gasteiger partial charge in [-0.2, -0.15) is 4.31 Å². The summed E-state index contributed by atoms with van der Waals surface area (Å²) in [6.07, 6.45) is 2.20. The van der Waals surface area contributed by atoms with E-state index in [2.05, 4.69) is 14.9 Å². The molecular formula is C25H27N5O4S. The number of rotatable bonds is 5. The Bertz CT molecular complexity index is 1350. The zero-order valence-corrected chi connectivity index (χ0v) is 20.5. The average molecular weight is 494 g/mol. The minimum absolute atomic E-state index is 0.0321. The lowest BCUT2D eigenvalue weighted by Gasteiger charge is -2.34. The van der Waals surface area contributed by atoms with Crippen molar-refractivity contribution in [1.29, 1.82) is 0 Å². The quantitative estimate of drug-likeness (QED) is 0.539. The van der Waals surface area contributed by atoms with E-state index in [1.165, 1.54) is 17.6 Å². The van der Waals surface area contributed by atoms with E-state index in [0.29, 0.717) is 39.1 Å². The van der Waals surface area contributed by atoms with Crippen molar-refractivity contribution in [3.63, 3.8) is 0 Å². The molecule has 0 radical (unpaired) electrons. The maximum atomic E-state index is 13.3. The first-order valence-electron chi connectivity index (χ1n) is 11.5. The fraction of sp³-hybridized carbons (Fsp3) is 0.320. The van der Waals surface area contributed by atoms with E-state index in [-0.39, 0.29) is 10.8 Å². The predicted molar refractivity (Wildman–Crippen MR) is 133 cm³/mol. The number of amides is 1. The molecule has 3 heterocycles. The topological polar surface area (TPSA) is 95.9 Å². The van der Waals surface area contributed by atoms with Gasteiger partial charge in [-0.15, -0.1) is 0 Å². The lowest BCUT2D eigenvalue weighted by molar-refractivity contribution is -0.116. The second-order valence-corrected chi connectivity index (χ2v) is 10.5. The molecule has 1 fully saturated rings. The zero-order chi connectivity index (χ0) is 24.6. The van der Waals surface area contributed by atoms with Gasteiger partial charge >= 0.3 is 0 Å². The number of hydrogen-bond acceptors (Lipinski definition) is 7. The first-order valence-corrected chi connectivity index (χ1v) is 12.9. The molecule has 0 saturated carbocycles. The van der Waals surface area contributed by atoms with Crippen LogP contribution in [0.1, 0.15) is 12.5 Å². The van der Waals surface area contributed by atoms with Crippen LogP contribution in [0.3, 0.4) is 0 Å². The summed E-state index contributed by atoms with van der Waals surface area (Å²) in [6.45, 7) is 3.89. The Kier molecular flexibility index (Phi) is 6.16. The van der Waals surface area contributed by atoms with E-state index in [9.17, 15) is 13.2 Å².